The molecule has 7 heterocycles. The molecule has 3 fully saturated rings. The minimum atomic E-state index is -0.937. The van der Waals surface area contributed by atoms with Gasteiger partial charge in [-0.1, -0.05) is 26.5 Å². The number of hydrogen-bond donors (Lipinski definition) is 4. The van der Waals surface area contributed by atoms with Crippen LogP contribution in [0.2, 0.25) is 0 Å². The number of thiazole rings is 1. The highest BCUT2D eigenvalue weighted by Gasteiger charge is 2.40. The number of halogens is 1. The van der Waals surface area contributed by atoms with Crippen LogP contribution in [-0.2, 0) is 19.1 Å². The first-order valence-corrected chi connectivity index (χ1v) is 23.8. The Labute approximate surface area is 395 Å². The third kappa shape index (κ3) is 8.15. The number of fused-ring (bicyclic) bond motifs is 5. The lowest BCUT2D eigenvalue weighted by atomic mass is 10.0. The number of imidazole rings is 2. The zero-order chi connectivity index (χ0) is 47.5. The van der Waals surface area contributed by atoms with Crippen molar-refractivity contribution in [1.29, 1.82) is 0 Å². The van der Waals surface area contributed by atoms with Crippen molar-refractivity contribution < 1.29 is 37.8 Å². The lowest BCUT2D eigenvalue weighted by molar-refractivity contribution is -0.135. The fourth-order valence-corrected chi connectivity index (χ4v) is 10.9. The molecule has 0 radical (unpaired) electrons. The highest BCUT2D eigenvalue weighted by Crippen LogP contribution is 2.50. The Kier molecular flexibility index (Phi) is 11.8. The van der Waals surface area contributed by atoms with Gasteiger partial charge in [-0.3, -0.25) is 14.2 Å². The summed E-state index contributed by atoms with van der Waals surface area (Å²) in [6, 6.07) is 8.92. The summed E-state index contributed by atoms with van der Waals surface area (Å²) in [7, 11) is 2.51. The summed E-state index contributed by atoms with van der Waals surface area (Å²) < 4.78 is 35.3. The van der Waals surface area contributed by atoms with Gasteiger partial charge in [0.25, 0.3) is 0 Å². The molecular weight excluding hydrogens is 892 g/mol. The van der Waals surface area contributed by atoms with Crippen molar-refractivity contribution in [3.8, 4) is 39.5 Å². The number of aromatic amines is 2. The predicted molar refractivity (Wildman–Crippen MR) is 251 cm³/mol. The number of nitrogens with one attached hydrogen (secondary N) is 4. The van der Waals surface area contributed by atoms with Crippen LogP contribution in [0.15, 0.2) is 67.1 Å². The molecule has 2 aromatic carbocycles. The fraction of sp³-hybridized carbons (Fsp3) is 0.408. The number of hydrogen-bond acceptors (Lipinski definition) is 11. The van der Waals surface area contributed by atoms with E-state index >= 15 is 4.39 Å². The standard InChI is InChI=1S/C49H53FN10O7S/c1-24(2)40(56-48(63)65-5)45(61)58-15-7-9-34(58)42-51-21-31(54-42)27-13-14-33-29(17-27)19-36-39-30(50)18-28(20-37(39)67-47(60(33)36)38-23-53-44(68-38)26-11-12-26)32-22-52-43(55-32)35-10-8-16-59(35)46(62)41(25(3)4)57-49(64)66-6/h13-14,17-23,25-26,34-35,40-41,47H,1,7-12,15-16H2,2-6H3,(H,51,54)(H,52,55)(H,56,63)(H,57,64)/t34-,35-,40-,41-,47?/m0/s1. The van der Waals surface area contributed by atoms with Crippen LogP contribution in [0.3, 0.4) is 0 Å². The molecule has 4 aliphatic rings. The average molecular weight is 945 g/mol. The van der Waals surface area contributed by atoms with Crippen LogP contribution in [0.4, 0.5) is 14.0 Å². The van der Waals surface area contributed by atoms with Gasteiger partial charge in [0.05, 0.1) is 76.7 Å². The van der Waals surface area contributed by atoms with Gasteiger partial charge in [-0.2, -0.15) is 0 Å². The first kappa shape index (κ1) is 44.8. The first-order chi connectivity index (χ1) is 32.8. The molecule has 4 aromatic heterocycles. The highest BCUT2D eigenvalue weighted by atomic mass is 32.1. The zero-order valence-corrected chi connectivity index (χ0v) is 39.2. The second-order valence-corrected chi connectivity index (χ2v) is 19.5. The summed E-state index contributed by atoms with van der Waals surface area (Å²) in [5.74, 6) is 0.852. The molecule has 354 valence electrons. The Morgan fingerprint density at radius 1 is 0.838 bits per heavy atom. The number of rotatable bonds is 12. The fourth-order valence-electron chi connectivity index (χ4n) is 9.77. The molecule has 4 amide bonds. The number of carbonyl (C=O) groups excluding carboxylic acids is 4. The molecule has 5 atom stereocenters. The number of carbonyl (C=O) groups is 4. The van der Waals surface area contributed by atoms with Gasteiger partial charge in [0.2, 0.25) is 18.0 Å². The van der Waals surface area contributed by atoms with Gasteiger partial charge in [0.1, 0.15) is 35.3 Å². The Balaban J connectivity index is 0.964. The van der Waals surface area contributed by atoms with Crippen LogP contribution in [0.5, 0.6) is 5.75 Å². The van der Waals surface area contributed by atoms with Gasteiger partial charge in [0.15, 0.2) is 0 Å². The Morgan fingerprint density at radius 3 is 2.12 bits per heavy atom. The molecule has 10 rings (SSSR count). The van der Waals surface area contributed by atoms with Crippen LogP contribution in [0.1, 0.15) is 105 Å². The maximum atomic E-state index is 16.9. The topological polar surface area (TPSA) is 202 Å². The molecule has 1 unspecified atom stereocenters. The highest BCUT2D eigenvalue weighted by molar-refractivity contribution is 7.11. The maximum Gasteiger partial charge on any atom is 0.407 e. The van der Waals surface area contributed by atoms with Crippen molar-refractivity contribution in [1.82, 2.24) is 49.9 Å². The number of alkyl carbamates (subject to hydrolysis) is 2. The van der Waals surface area contributed by atoms with Crippen molar-refractivity contribution in [3.63, 3.8) is 0 Å². The molecule has 1 saturated carbocycles. The third-order valence-electron chi connectivity index (χ3n) is 13.4. The van der Waals surface area contributed by atoms with Crippen molar-refractivity contribution >= 4 is 46.2 Å². The van der Waals surface area contributed by atoms with Crippen molar-refractivity contribution in [2.24, 2.45) is 5.92 Å². The zero-order valence-electron chi connectivity index (χ0n) is 38.4. The number of likely N-dealkylation sites (tertiary alicyclic amines) is 2. The smallest absolute Gasteiger partial charge is 0.407 e. The van der Waals surface area contributed by atoms with Crippen LogP contribution in [-0.4, -0.2) is 103 Å². The third-order valence-corrected chi connectivity index (χ3v) is 14.6. The summed E-state index contributed by atoms with van der Waals surface area (Å²) in [4.78, 5) is 77.2. The lowest BCUT2D eigenvalue weighted by Gasteiger charge is -2.30. The molecule has 0 spiro atoms. The number of aromatic nitrogens is 6. The van der Waals surface area contributed by atoms with E-state index in [0.717, 1.165) is 57.7 Å². The monoisotopic (exact) mass is 944 g/mol. The van der Waals surface area contributed by atoms with E-state index in [1.54, 1.807) is 40.5 Å². The summed E-state index contributed by atoms with van der Waals surface area (Å²) in [5.41, 5.74) is 5.00. The maximum absolute atomic E-state index is 16.9. The van der Waals surface area contributed by atoms with E-state index in [2.05, 4.69) is 27.2 Å². The van der Waals surface area contributed by atoms with Crippen LogP contribution < -0.4 is 15.4 Å². The molecule has 17 nitrogen and oxygen atoms in total. The van der Waals surface area contributed by atoms with Gasteiger partial charge in [-0.15, -0.1) is 11.3 Å². The van der Waals surface area contributed by atoms with Gasteiger partial charge in [-0.25, -0.2) is 28.9 Å². The average Bonchev–Trinajstić information content (AvgIpc) is 4.05. The van der Waals surface area contributed by atoms with E-state index in [1.165, 1.54) is 20.3 Å². The van der Waals surface area contributed by atoms with Gasteiger partial charge in [-0.05, 0) is 87.3 Å². The molecule has 3 aliphatic heterocycles. The summed E-state index contributed by atoms with van der Waals surface area (Å²) >= 11 is 1.61. The summed E-state index contributed by atoms with van der Waals surface area (Å²) in [6.07, 6.45) is 8.34. The second kappa shape index (κ2) is 17.9. The molecule has 0 bridgehead atoms. The number of H-pyrrole nitrogens is 2. The second-order valence-electron chi connectivity index (χ2n) is 18.4. The van der Waals surface area contributed by atoms with E-state index in [4.69, 9.17) is 29.2 Å². The molecule has 4 N–H and O–H groups in total. The van der Waals surface area contributed by atoms with E-state index in [1.807, 2.05) is 54.9 Å². The van der Waals surface area contributed by atoms with Gasteiger partial charge < -0.3 is 44.6 Å². The van der Waals surface area contributed by atoms with E-state index < -0.39 is 36.3 Å². The summed E-state index contributed by atoms with van der Waals surface area (Å²) in [6.45, 7) is 10.4. The van der Waals surface area contributed by atoms with E-state index in [-0.39, 0.29) is 29.8 Å². The lowest BCUT2D eigenvalue weighted by Crippen LogP contribution is -2.51. The minimum Gasteiger partial charge on any atom is -0.464 e. The van der Waals surface area contributed by atoms with Crippen molar-refractivity contribution in [2.45, 2.75) is 95.6 Å². The normalized spacial score (nSPS) is 19.6. The molecule has 1 aliphatic carbocycles. The largest absolute Gasteiger partial charge is 0.464 e. The first-order valence-electron chi connectivity index (χ1n) is 23.0. The summed E-state index contributed by atoms with van der Waals surface area (Å²) in [5, 5.41) is 7.21. The predicted octanol–water partition coefficient (Wildman–Crippen LogP) is 8.51. The van der Waals surface area contributed by atoms with Gasteiger partial charge >= 0.3 is 12.2 Å². The number of amides is 4. The quantitative estimate of drug-likeness (QED) is 0.0862. The van der Waals surface area contributed by atoms with Crippen LogP contribution >= 0.6 is 11.3 Å². The van der Waals surface area contributed by atoms with E-state index in [0.29, 0.717) is 77.3 Å². The van der Waals surface area contributed by atoms with E-state index in [9.17, 15) is 19.2 Å². The Hall–Kier alpha value is -7.02. The number of nitrogens with zero attached hydrogens (tertiary/aromatic N) is 6. The SMILES string of the molecule is C=C(C)[C@H](NC(=O)OC)C(=O)N1CCC[C@H]1c1ncc(-c2ccc3c(c2)cc2n3C(c3cnc(C4CC4)s3)Oc3cc(-c4cnc([C@@H]5CCCN5C(=O)[C@@H](NC(=O)OC)C(C)C)[nH]4)cc(F)c3-2)[nH]1. The van der Waals surface area contributed by atoms with Crippen LogP contribution in [0, 0.1) is 11.7 Å². The van der Waals surface area contributed by atoms with Crippen LogP contribution in [0.25, 0.3) is 44.7 Å². The number of methoxy groups -OCH3 is 2. The molecular formula is C49H53FN10O7S. The molecule has 2 saturated heterocycles. The minimum absolute atomic E-state index is 0.178. The molecule has 19 heteroatoms. The molecule has 6 aromatic rings. The van der Waals surface area contributed by atoms with Crippen molar-refractivity contribution in [2.75, 3.05) is 27.3 Å². The number of benzene rings is 2. The Bertz CT molecular complexity index is 2970. The van der Waals surface area contributed by atoms with Gasteiger partial charge in [0, 0.05) is 41.7 Å². The van der Waals surface area contributed by atoms with Crippen molar-refractivity contribution in [3.05, 3.63) is 94.5 Å². The Morgan fingerprint density at radius 2 is 1.49 bits per heavy atom. The molecule has 68 heavy (non-hydrogen) atoms. The number of ether oxygens (including phenoxy) is 3.